The maximum Gasteiger partial charge on any atom is 0.320 e. The van der Waals surface area contributed by atoms with Gasteiger partial charge in [0.25, 0.3) is 0 Å². The van der Waals surface area contributed by atoms with Crippen molar-refractivity contribution in [3.63, 3.8) is 0 Å². The van der Waals surface area contributed by atoms with Crippen molar-refractivity contribution in [1.29, 1.82) is 0 Å². The minimum Gasteiger partial charge on any atom is -1.00 e. The highest BCUT2D eigenvalue weighted by atomic mass is 35.5. The van der Waals surface area contributed by atoms with Crippen molar-refractivity contribution in [2.75, 3.05) is 41.9 Å². The third kappa shape index (κ3) is 10.5. The molecule has 3 nitrogen and oxygen atoms in total. The number of nitrogens with zero attached hydrogens (tertiary/aromatic N) is 1. The van der Waals surface area contributed by atoms with Gasteiger partial charge in [-0.25, -0.2) is 0 Å². The van der Waals surface area contributed by atoms with E-state index in [4.69, 9.17) is 8.85 Å². The summed E-state index contributed by atoms with van der Waals surface area (Å²) in [6.45, 7) is 1.23. The molecule has 0 saturated heterocycles. The predicted molar refractivity (Wildman–Crippen MR) is 58.1 cm³/mol. The van der Waals surface area contributed by atoms with Gasteiger partial charge in [0.2, 0.25) is 0 Å². The van der Waals surface area contributed by atoms with Gasteiger partial charge < -0.3 is 25.7 Å². The number of hydrogen-bond donors (Lipinski definition) is 0. The fourth-order valence-electron chi connectivity index (χ4n) is 1.23. The molecule has 0 amide bonds. The quantitative estimate of drug-likeness (QED) is 0.292. The minimum atomic E-state index is -1.28. The van der Waals surface area contributed by atoms with Crippen LogP contribution < -0.4 is 12.4 Å². The Kier molecular flexibility index (Phi) is 10.4. The van der Waals surface area contributed by atoms with Crippen LogP contribution in [0, 0.1) is 0 Å². The summed E-state index contributed by atoms with van der Waals surface area (Å²) in [7, 11) is 8.89. The molecule has 0 heterocycles. The van der Waals surface area contributed by atoms with E-state index < -0.39 is 9.28 Å². The van der Waals surface area contributed by atoms with E-state index >= 15 is 0 Å². The van der Waals surface area contributed by atoms with Crippen molar-refractivity contribution in [2.45, 2.75) is 18.9 Å². The van der Waals surface area contributed by atoms with Gasteiger partial charge in [0.15, 0.2) is 0 Å². The lowest BCUT2D eigenvalue weighted by molar-refractivity contribution is -0.870. The van der Waals surface area contributed by atoms with E-state index in [1.165, 1.54) is 19.4 Å². The molecule has 0 fully saturated rings. The van der Waals surface area contributed by atoms with Gasteiger partial charge in [-0.1, -0.05) is 0 Å². The summed E-state index contributed by atoms with van der Waals surface area (Å²) in [4.78, 5) is 0. The van der Waals surface area contributed by atoms with Crippen LogP contribution in [0.3, 0.4) is 0 Å². The number of hydrogen-bond acceptors (Lipinski definition) is 2. The first-order valence-corrected chi connectivity index (χ1v) is 6.61. The molecule has 0 N–H and O–H groups in total. The number of unbranched alkanes of at least 4 members (excludes halogenated alkanes) is 1. The van der Waals surface area contributed by atoms with Gasteiger partial charge in [0.1, 0.15) is 0 Å². The Morgan fingerprint density at radius 1 is 1.00 bits per heavy atom. The van der Waals surface area contributed by atoms with Gasteiger partial charge in [0.05, 0.1) is 27.7 Å². The zero-order valence-corrected chi connectivity index (χ0v) is 12.0. The molecule has 0 atom stereocenters. The molecule has 0 unspecified atom stereocenters. The lowest BCUT2D eigenvalue weighted by Gasteiger charge is -2.23. The third-order valence-electron chi connectivity index (χ3n) is 2.04. The smallest absolute Gasteiger partial charge is 0.320 e. The fraction of sp³-hybridized carbons (Fsp3) is 1.00. The molecule has 0 aromatic carbocycles. The third-order valence-corrected chi connectivity index (χ3v) is 3.98. The van der Waals surface area contributed by atoms with Crippen LogP contribution in [-0.4, -0.2) is 55.7 Å². The summed E-state index contributed by atoms with van der Waals surface area (Å²) < 4.78 is 11.5. The summed E-state index contributed by atoms with van der Waals surface area (Å²) in [5, 5.41) is 0. The standard InChI is InChI=1S/C9H24NO2Si.ClH/c1-10(2,3)8-6-7-9-13(11-4)12-5;/h13H,6-9H2,1-5H3;1H/q+1;/p-1. The van der Waals surface area contributed by atoms with E-state index in [2.05, 4.69) is 21.1 Å². The molecule has 0 saturated carbocycles. The Morgan fingerprint density at radius 3 is 1.86 bits per heavy atom. The average Bonchev–Trinajstić information content (AvgIpc) is 2.03. The molecule has 0 bridgehead atoms. The van der Waals surface area contributed by atoms with Gasteiger partial charge >= 0.3 is 9.28 Å². The first-order valence-electron chi connectivity index (χ1n) is 4.85. The van der Waals surface area contributed by atoms with Crippen LogP contribution in [0.2, 0.25) is 6.04 Å². The Morgan fingerprint density at radius 2 is 1.50 bits per heavy atom. The zero-order valence-electron chi connectivity index (χ0n) is 10.0. The highest BCUT2D eigenvalue weighted by molar-refractivity contribution is 6.44. The summed E-state index contributed by atoms with van der Waals surface area (Å²) in [5.41, 5.74) is 0. The van der Waals surface area contributed by atoms with Crippen molar-refractivity contribution in [3.05, 3.63) is 0 Å². The highest BCUT2D eigenvalue weighted by Crippen LogP contribution is 2.05. The molecule has 5 heteroatoms. The maximum atomic E-state index is 5.24. The van der Waals surface area contributed by atoms with Gasteiger partial charge in [-0.15, -0.1) is 0 Å². The van der Waals surface area contributed by atoms with Crippen LogP contribution in [0.5, 0.6) is 0 Å². The van der Waals surface area contributed by atoms with Crippen molar-refractivity contribution in [1.82, 2.24) is 0 Å². The van der Waals surface area contributed by atoms with Gasteiger partial charge in [-0.3, -0.25) is 0 Å². The monoisotopic (exact) mass is 241 g/mol. The van der Waals surface area contributed by atoms with E-state index in [1.807, 2.05) is 0 Å². The topological polar surface area (TPSA) is 18.5 Å². The normalized spacial score (nSPS) is 11.6. The molecule has 14 heavy (non-hydrogen) atoms. The molecule has 0 aromatic heterocycles. The molecule has 88 valence electrons. The van der Waals surface area contributed by atoms with Crippen LogP contribution in [-0.2, 0) is 8.85 Å². The second kappa shape index (κ2) is 8.68. The van der Waals surface area contributed by atoms with Gasteiger partial charge in [-0.05, 0) is 18.9 Å². The van der Waals surface area contributed by atoms with Crippen molar-refractivity contribution >= 4 is 9.28 Å². The molecule has 0 aliphatic heterocycles. The van der Waals surface area contributed by atoms with E-state index in [1.54, 1.807) is 14.2 Å². The molecule has 0 aromatic rings. The van der Waals surface area contributed by atoms with Crippen molar-refractivity contribution < 1.29 is 25.7 Å². The summed E-state index contributed by atoms with van der Waals surface area (Å²) >= 11 is 0. The second-order valence-electron chi connectivity index (χ2n) is 4.41. The van der Waals surface area contributed by atoms with Crippen molar-refractivity contribution in [3.8, 4) is 0 Å². The lowest BCUT2D eigenvalue weighted by atomic mass is 10.3. The predicted octanol–water partition coefficient (Wildman–Crippen LogP) is -2.01. The molecule has 0 rings (SSSR count). The summed E-state index contributed by atoms with van der Waals surface area (Å²) in [6, 6.07) is 1.13. The zero-order chi connectivity index (χ0) is 10.3. The first kappa shape index (κ1) is 16.8. The molecule has 0 aliphatic carbocycles. The molecular formula is C9H24ClNO2Si. The number of halogens is 1. The van der Waals surface area contributed by atoms with E-state index in [9.17, 15) is 0 Å². The molecule has 0 aliphatic rings. The summed E-state index contributed by atoms with van der Waals surface area (Å²) in [6.07, 6.45) is 2.49. The Bertz CT molecular complexity index is 126. The van der Waals surface area contributed by atoms with Crippen LogP contribution in [0.15, 0.2) is 0 Å². The van der Waals surface area contributed by atoms with E-state index in [0.717, 1.165) is 10.5 Å². The molecular weight excluding hydrogens is 218 g/mol. The molecule has 0 radical (unpaired) electrons. The number of rotatable bonds is 7. The number of quaternary nitrogens is 1. The van der Waals surface area contributed by atoms with Crippen molar-refractivity contribution in [2.24, 2.45) is 0 Å². The van der Waals surface area contributed by atoms with Crippen LogP contribution in [0.4, 0.5) is 0 Å². The Hall–Kier alpha value is 0.387. The van der Waals surface area contributed by atoms with Gasteiger partial charge in [-0.2, -0.15) is 0 Å². The van der Waals surface area contributed by atoms with Crippen LogP contribution >= 0.6 is 0 Å². The Balaban J connectivity index is 0. The lowest BCUT2D eigenvalue weighted by Crippen LogP contribution is -3.00. The molecule has 0 spiro atoms. The fourth-order valence-corrected chi connectivity index (χ4v) is 2.51. The minimum absolute atomic E-state index is 0. The van der Waals surface area contributed by atoms with Crippen LogP contribution in [0.25, 0.3) is 0 Å². The van der Waals surface area contributed by atoms with Crippen LogP contribution in [0.1, 0.15) is 12.8 Å². The summed E-state index contributed by atoms with van der Waals surface area (Å²) in [5.74, 6) is 0. The maximum absolute atomic E-state index is 5.24. The highest BCUT2D eigenvalue weighted by Gasteiger charge is 2.10. The Labute approximate surface area is 96.2 Å². The first-order chi connectivity index (χ1) is 5.99. The van der Waals surface area contributed by atoms with E-state index in [0.29, 0.717) is 0 Å². The second-order valence-corrected chi connectivity index (χ2v) is 6.79. The average molecular weight is 242 g/mol. The SMILES string of the molecule is CO[SiH](CCCC[N+](C)(C)C)OC.[Cl-]. The largest absolute Gasteiger partial charge is 1.00 e. The van der Waals surface area contributed by atoms with Gasteiger partial charge in [0, 0.05) is 14.2 Å². The van der Waals surface area contributed by atoms with E-state index in [-0.39, 0.29) is 12.4 Å².